The molecular formula is C14H18FN3O. The van der Waals surface area contributed by atoms with Gasteiger partial charge in [0.15, 0.2) is 11.6 Å². The first-order chi connectivity index (χ1) is 9.02. The lowest BCUT2D eigenvalue weighted by Gasteiger charge is -2.12. The summed E-state index contributed by atoms with van der Waals surface area (Å²) in [5.74, 6) is -0.241. The minimum absolute atomic E-state index is 0.207. The summed E-state index contributed by atoms with van der Waals surface area (Å²) in [4.78, 5) is 0. The van der Waals surface area contributed by atoms with Gasteiger partial charge in [-0.1, -0.05) is 6.92 Å². The maximum absolute atomic E-state index is 13.7. The second kappa shape index (κ2) is 5.30. The zero-order valence-corrected chi connectivity index (χ0v) is 11.4. The molecule has 0 saturated carbocycles. The first-order valence-corrected chi connectivity index (χ1v) is 6.28. The van der Waals surface area contributed by atoms with E-state index in [1.807, 2.05) is 26.8 Å². The monoisotopic (exact) mass is 263 g/mol. The van der Waals surface area contributed by atoms with E-state index in [-0.39, 0.29) is 5.75 Å². The lowest BCUT2D eigenvalue weighted by molar-refractivity contribution is 0.301. The Bertz CT molecular complexity index is 593. The van der Waals surface area contributed by atoms with Gasteiger partial charge in [-0.3, -0.25) is 0 Å². The number of anilines is 1. The highest BCUT2D eigenvalue weighted by Crippen LogP contribution is 2.28. The molecule has 0 fully saturated rings. The normalized spacial score (nSPS) is 10.7. The van der Waals surface area contributed by atoms with Gasteiger partial charge in [-0.2, -0.15) is 5.10 Å². The molecule has 0 spiro atoms. The molecule has 5 heteroatoms. The summed E-state index contributed by atoms with van der Waals surface area (Å²) >= 11 is 0. The second-order valence-electron chi connectivity index (χ2n) is 4.53. The van der Waals surface area contributed by atoms with E-state index in [1.165, 1.54) is 6.07 Å². The first kappa shape index (κ1) is 13.4. The first-order valence-electron chi connectivity index (χ1n) is 6.28. The Morgan fingerprint density at radius 2 is 2.05 bits per heavy atom. The van der Waals surface area contributed by atoms with E-state index in [0.717, 1.165) is 17.8 Å². The third-order valence-corrected chi connectivity index (χ3v) is 2.78. The van der Waals surface area contributed by atoms with E-state index in [9.17, 15) is 4.39 Å². The topological polar surface area (TPSA) is 53.1 Å². The number of aromatic nitrogens is 2. The van der Waals surface area contributed by atoms with Gasteiger partial charge in [-0.15, -0.1) is 0 Å². The van der Waals surface area contributed by atoms with Gasteiger partial charge in [0.25, 0.3) is 0 Å². The molecule has 0 amide bonds. The van der Waals surface area contributed by atoms with Gasteiger partial charge in [-0.25, -0.2) is 9.07 Å². The molecule has 1 aromatic carbocycles. The van der Waals surface area contributed by atoms with Crippen molar-refractivity contribution in [2.24, 2.45) is 0 Å². The van der Waals surface area contributed by atoms with Crippen LogP contribution < -0.4 is 10.5 Å². The van der Waals surface area contributed by atoms with Crippen LogP contribution in [0.25, 0.3) is 5.69 Å². The smallest absolute Gasteiger partial charge is 0.167 e. The highest BCUT2D eigenvalue weighted by Gasteiger charge is 2.13. The molecule has 0 atom stereocenters. The van der Waals surface area contributed by atoms with Crippen LogP contribution in [0, 0.1) is 19.7 Å². The quantitative estimate of drug-likeness (QED) is 0.863. The summed E-state index contributed by atoms with van der Waals surface area (Å²) < 4.78 is 20.8. The molecule has 4 nitrogen and oxygen atoms in total. The van der Waals surface area contributed by atoms with Crippen molar-refractivity contribution >= 4 is 5.69 Å². The van der Waals surface area contributed by atoms with Gasteiger partial charge >= 0.3 is 0 Å². The summed E-state index contributed by atoms with van der Waals surface area (Å²) in [6.45, 7) is 6.27. The Labute approximate surface area is 112 Å². The number of aryl methyl sites for hydroxylation is 2. The Hall–Kier alpha value is -2.04. The molecule has 2 rings (SSSR count). The van der Waals surface area contributed by atoms with Crippen LogP contribution in [0.3, 0.4) is 0 Å². The van der Waals surface area contributed by atoms with Crippen molar-refractivity contribution in [1.82, 2.24) is 9.78 Å². The lowest BCUT2D eigenvalue weighted by Crippen LogP contribution is -2.06. The van der Waals surface area contributed by atoms with Gasteiger partial charge in [-0.05, 0) is 26.3 Å². The van der Waals surface area contributed by atoms with Crippen LogP contribution >= 0.6 is 0 Å². The molecule has 0 unspecified atom stereocenters. The Morgan fingerprint density at radius 1 is 1.32 bits per heavy atom. The highest BCUT2D eigenvalue weighted by molar-refractivity contribution is 5.61. The van der Waals surface area contributed by atoms with Crippen LogP contribution in [0.2, 0.25) is 0 Å². The number of rotatable bonds is 4. The molecule has 0 aliphatic rings. The van der Waals surface area contributed by atoms with E-state index in [0.29, 0.717) is 18.0 Å². The Morgan fingerprint density at radius 3 is 2.63 bits per heavy atom. The standard InChI is InChI=1S/C14H18FN3O/c1-4-5-19-14-8-13(12(16)7-11(14)15)18-10(3)6-9(2)17-18/h6-8H,4-5,16H2,1-3H3. The SMILES string of the molecule is CCCOc1cc(-n2nc(C)cc2C)c(N)cc1F. The van der Waals surface area contributed by atoms with Gasteiger partial charge in [0.05, 0.1) is 23.7 Å². The number of nitrogens with two attached hydrogens (primary N) is 1. The molecule has 102 valence electrons. The van der Waals surface area contributed by atoms with Crippen LogP contribution in [0.4, 0.5) is 10.1 Å². The van der Waals surface area contributed by atoms with E-state index >= 15 is 0 Å². The van der Waals surface area contributed by atoms with Gasteiger partial charge in [0.2, 0.25) is 0 Å². The predicted octanol–water partition coefficient (Wildman–Crippen LogP) is 3.00. The van der Waals surface area contributed by atoms with Crippen LogP contribution in [-0.4, -0.2) is 16.4 Å². The van der Waals surface area contributed by atoms with Crippen molar-refractivity contribution in [3.8, 4) is 11.4 Å². The fourth-order valence-electron chi connectivity index (χ4n) is 1.94. The predicted molar refractivity (Wildman–Crippen MR) is 73.2 cm³/mol. The zero-order chi connectivity index (χ0) is 14.0. The summed E-state index contributed by atoms with van der Waals surface area (Å²) in [6, 6.07) is 4.81. The van der Waals surface area contributed by atoms with Crippen molar-refractivity contribution in [3.05, 3.63) is 35.4 Å². The number of ether oxygens (including phenoxy) is 1. The molecular weight excluding hydrogens is 245 g/mol. The van der Waals surface area contributed by atoms with E-state index in [1.54, 1.807) is 10.7 Å². The van der Waals surface area contributed by atoms with Crippen LogP contribution in [-0.2, 0) is 0 Å². The van der Waals surface area contributed by atoms with Crippen LogP contribution in [0.1, 0.15) is 24.7 Å². The third kappa shape index (κ3) is 2.70. The summed E-state index contributed by atoms with van der Waals surface area (Å²) in [5.41, 5.74) is 8.68. The lowest BCUT2D eigenvalue weighted by atomic mass is 10.2. The molecule has 0 saturated heterocycles. The van der Waals surface area contributed by atoms with E-state index in [2.05, 4.69) is 5.10 Å². The average Bonchev–Trinajstić information content (AvgIpc) is 2.67. The minimum atomic E-state index is -0.448. The summed E-state index contributed by atoms with van der Waals surface area (Å²) in [6.07, 6.45) is 0.819. The number of nitrogens with zero attached hydrogens (tertiary/aromatic N) is 2. The largest absolute Gasteiger partial charge is 0.490 e. The fraction of sp³-hybridized carbons (Fsp3) is 0.357. The molecule has 0 radical (unpaired) electrons. The molecule has 2 N–H and O–H groups in total. The minimum Gasteiger partial charge on any atom is -0.490 e. The molecule has 2 aromatic rings. The Balaban J connectivity index is 2.48. The highest BCUT2D eigenvalue weighted by atomic mass is 19.1. The van der Waals surface area contributed by atoms with E-state index in [4.69, 9.17) is 10.5 Å². The number of hydrogen-bond acceptors (Lipinski definition) is 3. The average molecular weight is 263 g/mol. The molecule has 0 bridgehead atoms. The van der Waals surface area contributed by atoms with Gasteiger partial charge in [0, 0.05) is 17.8 Å². The van der Waals surface area contributed by atoms with Crippen molar-refractivity contribution < 1.29 is 9.13 Å². The number of nitrogen functional groups attached to an aromatic ring is 1. The second-order valence-corrected chi connectivity index (χ2v) is 4.53. The van der Waals surface area contributed by atoms with Gasteiger partial charge in [0.1, 0.15) is 0 Å². The number of halogens is 1. The van der Waals surface area contributed by atoms with E-state index < -0.39 is 5.82 Å². The van der Waals surface area contributed by atoms with Gasteiger partial charge < -0.3 is 10.5 Å². The summed E-state index contributed by atoms with van der Waals surface area (Å²) in [5, 5.41) is 4.35. The number of benzene rings is 1. The van der Waals surface area contributed by atoms with Crippen molar-refractivity contribution in [2.75, 3.05) is 12.3 Å². The zero-order valence-electron chi connectivity index (χ0n) is 11.4. The molecule has 1 heterocycles. The maximum Gasteiger partial charge on any atom is 0.167 e. The molecule has 0 aliphatic heterocycles. The number of hydrogen-bond donors (Lipinski definition) is 1. The summed E-state index contributed by atoms with van der Waals surface area (Å²) in [7, 11) is 0. The fourth-order valence-corrected chi connectivity index (χ4v) is 1.94. The van der Waals surface area contributed by atoms with Crippen LogP contribution in [0.5, 0.6) is 5.75 Å². The third-order valence-electron chi connectivity index (χ3n) is 2.78. The molecule has 1 aromatic heterocycles. The molecule has 0 aliphatic carbocycles. The Kier molecular flexibility index (Phi) is 3.74. The molecule has 19 heavy (non-hydrogen) atoms. The van der Waals surface area contributed by atoms with Crippen molar-refractivity contribution in [2.45, 2.75) is 27.2 Å². The van der Waals surface area contributed by atoms with Crippen LogP contribution in [0.15, 0.2) is 18.2 Å². The van der Waals surface area contributed by atoms with Crippen molar-refractivity contribution in [1.29, 1.82) is 0 Å². The van der Waals surface area contributed by atoms with Crippen molar-refractivity contribution in [3.63, 3.8) is 0 Å². The maximum atomic E-state index is 13.7.